The van der Waals surface area contributed by atoms with Crippen LogP contribution in [-0.2, 0) is 28.6 Å². The van der Waals surface area contributed by atoms with Gasteiger partial charge in [0.15, 0.2) is 0 Å². The molecule has 0 atom stereocenters. The number of nitrogens with zero attached hydrogens (tertiary/aromatic N) is 2. The van der Waals surface area contributed by atoms with Crippen LogP contribution in [-0.4, -0.2) is 21.7 Å². The van der Waals surface area contributed by atoms with Crippen molar-refractivity contribution in [3.05, 3.63) is 76.7 Å². The Morgan fingerprint density at radius 3 is 2.50 bits per heavy atom. The number of benzene rings is 1. The summed E-state index contributed by atoms with van der Waals surface area (Å²) in [4.78, 5) is 32.5. The summed E-state index contributed by atoms with van der Waals surface area (Å²) in [6.45, 7) is 0. The Labute approximate surface area is 198 Å². The van der Waals surface area contributed by atoms with Gasteiger partial charge in [-0.3, -0.25) is 14.6 Å². The number of amides is 1. The lowest BCUT2D eigenvalue weighted by molar-refractivity contribution is -0.137. The van der Waals surface area contributed by atoms with E-state index in [9.17, 15) is 22.8 Å². The zero-order valence-electron chi connectivity index (χ0n) is 17.7. The van der Waals surface area contributed by atoms with Gasteiger partial charge in [0.25, 0.3) is 0 Å². The molecule has 0 radical (unpaired) electrons. The van der Waals surface area contributed by atoms with E-state index in [4.69, 9.17) is 16.3 Å². The van der Waals surface area contributed by atoms with Gasteiger partial charge < -0.3 is 10.1 Å². The first kappa shape index (κ1) is 23.7. The Balaban J connectivity index is 1.34. The second-order valence-corrected chi connectivity index (χ2v) is 8.34. The molecule has 34 heavy (non-hydrogen) atoms. The van der Waals surface area contributed by atoms with Crippen molar-refractivity contribution in [2.75, 3.05) is 5.32 Å². The fourth-order valence-electron chi connectivity index (χ4n) is 3.22. The van der Waals surface area contributed by atoms with Gasteiger partial charge in [-0.15, -0.1) is 0 Å². The summed E-state index contributed by atoms with van der Waals surface area (Å²) < 4.78 is 44.7. The second-order valence-electron chi connectivity index (χ2n) is 7.93. The zero-order chi connectivity index (χ0) is 24.3. The molecule has 1 aliphatic carbocycles. The molecule has 10 heteroatoms. The Morgan fingerprint density at radius 1 is 1.03 bits per heavy atom. The number of rotatable bonds is 8. The van der Waals surface area contributed by atoms with E-state index in [1.807, 2.05) is 0 Å². The number of hydrogen-bond acceptors (Lipinski definition) is 5. The maximum atomic E-state index is 13.0. The predicted molar refractivity (Wildman–Crippen MR) is 119 cm³/mol. The Morgan fingerprint density at radius 2 is 1.82 bits per heavy atom. The lowest BCUT2D eigenvalue weighted by atomic mass is 10.0. The molecule has 2 aromatic heterocycles. The highest BCUT2D eigenvalue weighted by Crippen LogP contribution is 2.35. The Hall–Kier alpha value is -3.46. The number of nitrogens with one attached hydrogen (secondary N) is 1. The number of carbonyl (C=O) groups excluding carboxylic acids is 2. The minimum absolute atomic E-state index is 0.0448. The maximum absolute atomic E-state index is 13.0. The Kier molecular flexibility index (Phi) is 6.83. The van der Waals surface area contributed by atoms with E-state index in [0.717, 1.165) is 25.0 Å². The van der Waals surface area contributed by atoms with Gasteiger partial charge in [0.2, 0.25) is 5.91 Å². The number of carbonyl (C=O) groups is 2. The van der Waals surface area contributed by atoms with Gasteiger partial charge in [-0.05, 0) is 48.7 Å². The maximum Gasteiger partial charge on any atom is 0.417 e. The number of aromatic nitrogens is 2. The molecule has 1 N–H and O–H groups in total. The second kappa shape index (κ2) is 9.80. The van der Waals surface area contributed by atoms with Crippen LogP contribution in [0.3, 0.4) is 0 Å². The highest BCUT2D eigenvalue weighted by molar-refractivity contribution is 6.31. The third kappa shape index (κ3) is 6.32. The molecular formula is C24H19ClF3N3O3. The van der Waals surface area contributed by atoms with Crippen LogP contribution in [0.1, 0.15) is 29.7 Å². The van der Waals surface area contributed by atoms with Crippen molar-refractivity contribution >= 4 is 29.1 Å². The van der Waals surface area contributed by atoms with E-state index >= 15 is 0 Å². The lowest BCUT2D eigenvalue weighted by Crippen LogP contribution is -2.14. The minimum Gasteiger partial charge on any atom is -0.456 e. The molecule has 1 fully saturated rings. The summed E-state index contributed by atoms with van der Waals surface area (Å²) in [5.41, 5.74) is -0.288. The van der Waals surface area contributed by atoms with Crippen LogP contribution in [0.15, 0.2) is 54.9 Å². The van der Waals surface area contributed by atoms with Gasteiger partial charge in [-0.25, -0.2) is 4.98 Å². The highest BCUT2D eigenvalue weighted by Gasteiger charge is 2.33. The molecule has 1 aromatic carbocycles. The summed E-state index contributed by atoms with van der Waals surface area (Å²) in [5.74, 6) is 0.956. The van der Waals surface area contributed by atoms with E-state index in [1.54, 1.807) is 24.3 Å². The van der Waals surface area contributed by atoms with Crippen molar-refractivity contribution in [1.82, 2.24) is 9.97 Å². The first-order valence-electron chi connectivity index (χ1n) is 10.4. The van der Waals surface area contributed by atoms with Gasteiger partial charge >= 0.3 is 6.18 Å². The minimum atomic E-state index is -4.59. The quantitative estimate of drug-likeness (QED) is 0.442. The third-order valence-electron chi connectivity index (χ3n) is 5.08. The van der Waals surface area contributed by atoms with E-state index in [-0.39, 0.29) is 36.0 Å². The molecule has 4 rings (SSSR count). The van der Waals surface area contributed by atoms with Crippen molar-refractivity contribution < 1.29 is 27.5 Å². The van der Waals surface area contributed by atoms with Gasteiger partial charge in [0, 0.05) is 36.7 Å². The van der Waals surface area contributed by atoms with E-state index in [1.165, 1.54) is 18.5 Å². The molecule has 3 aromatic rings. The predicted octanol–water partition coefficient (Wildman–Crippen LogP) is 5.64. The number of anilines is 1. The van der Waals surface area contributed by atoms with Gasteiger partial charge in [-0.1, -0.05) is 17.7 Å². The van der Waals surface area contributed by atoms with E-state index < -0.39 is 16.8 Å². The van der Waals surface area contributed by atoms with Crippen LogP contribution in [0.25, 0.3) is 0 Å². The number of halogens is 4. The standard InChI is InChI=1S/C24H19ClF3N3O3/c25-21-6-1-14(10-20(21)24(26,27)28)9-17(32)11-16-4-5-19(13-30-16)34-18-7-8-29-22(12-18)31-23(33)15-2-3-15/h1,4-8,10,12-13,15H,2-3,9,11H2,(H,29,31,33). The van der Waals surface area contributed by atoms with Crippen LogP contribution < -0.4 is 10.1 Å². The van der Waals surface area contributed by atoms with Crippen molar-refractivity contribution in [1.29, 1.82) is 0 Å². The van der Waals surface area contributed by atoms with Crippen molar-refractivity contribution in [2.45, 2.75) is 31.9 Å². The fraction of sp³-hybridized carbons (Fsp3) is 0.250. The highest BCUT2D eigenvalue weighted by atomic mass is 35.5. The smallest absolute Gasteiger partial charge is 0.417 e. The van der Waals surface area contributed by atoms with E-state index in [2.05, 4.69) is 15.3 Å². The third-order valence-corrected chi connectivity index (χ3v) is 5.41. The SMILES string of the molecule is O=C(Cc1ccc(Cl)c(C(F)(F)F)c1)Cc1ccc(Oc2ccnc(NC(=O)C3CC3)c2)cn1. The number of Topliss-reactive ketones (excluding diaryl/α,β-unsaturated/α-hetero) is 1. The topological polar surface area (TPSA) is 81.2 Å². The largest absolute Gasteiger partial charge is 0.456 e. The molecule has 0 bridgehead atoms. The van der Waals surface area contributed by atoms with Gasteiger partial charge in [0.1, 0.15) is 23.1 Å². The summed E-state index contributed by atoms with van der Waals surface area (Å²) in [6, 6.07) is 9.89. The molecule has 1 saturated carbocycles. The van der Waals surface area contributed by atoms with Crippen LogP contribution in [0.2, 0.25) is 5.02 Å². The van der Waals surface area contributed by atoms with Gasteiger partial charge in [-0.2, -0.15) is 13.2 Å². The number of hydrogen-bond donors (Lipinski definition) is 1. The molecule has 2 heterocycles. The first-order valence-corrected chi connectivity index (χ1v) is 10.8. The van der Waals surface area contributed by atoms with E-state index in [0.29, 0.717) is 23.0 Å². The molecule has 1 aliphatic rings. The summed E-state index contributed by atoms with van der Waals surface area (Å²) in [6.07, 6.45) is -0.0855. The molecule has 0 saturated heterocycles. The monoisotopic (exact) mass is 489 g/mol. The molecular weight excluding hydrogens is 471 g/mol. The molecule has 176 valence electrons. The molecule has 6 nitrogen and oxygen atoms in total. The molecule has 1 amide bonds. The number of pyridine rings is 2. The van der Waals surface area contributed by atoms with Crippen LogP contribution in [0, 0.1) is 5.92 Å². The fourth-order valence-corrected chi connectivity index (χ4v) is 3.45. The molecule has 0 aliphatic heterocycles. The Bertz CT molecular complexity index is 1210. The number of alkyl halides is 3. The summed E-state index contributed by atoms with van der Waals surface area (Å²) >= 11 is 5.62. The summed E-state index contributed by atoms with van der Waals surface area (Å²) in [5, 5.41) is 2.33. The number of ketones is 1. The normalized spacial score (nSPS) is 13.4. The van der Waals surface area contributed by atoms with Crippen molar-refractivity contribution in [2.24, 2.45) is 5.92 Å². The average Bonchev–Trinajstić information content (AvgIpc) is 3.62. The molecule has 0 unspecified atom stereocenters. The first-order chi connectivity index (χ1) is 16.2. The molecule has 0 spiro atoms. The van der Waals surface area contributed by atoms with Crippen LogP contribution >= 0.6 is 11.6 Å². The van der Waals surface area contributed by atoms with Crippen molar-refractivity contribution in [3.8, 4) is 11.5 Å². The average molecular weight is 490 g/mol. The van der Waals surface area contributed by atoms with Crippen molar-refractivity contribution in [3.63, 3.8) is 0 Å². The van der Waals surface area contributed by atoms with Crippen LogP contribution in [0.4, 0.5) is 19.0 Å². The van der Waals surface area contributed by atoms with Crippen LogP contribution in [0.5, 0.6) is 11.5 Å². The number of ether oxygens (including phenoxy) is 1. The van der Waals surface area contributed by atoms with Gasteiger partial charge in [0.05, 0.1) is 16.8 Å². The summed E-state index contributed by atoms with van der Waals surface area (Å²) in [7, 11) is 0. The lowest BCUT2D eigenvalue weighted by Gasteiger charge is -2.11. The zero-order valence-corrected chi connectivity index (χ0v) is 18.5.